The molecule has 3 aromatic rings. The third kappa shape index (κ3) is 3.27. The molecule has 8 heteroatoms. The Hall–Kier alpha value is -2.64. The van der Waals surface area contributed by atoms with Crippen molar-refractivity contribution in [1.82, 2.24) is 24.5 Å². The number of benzene rings is 1. The summed E-state index contributed by atoms with van der Waals surface area (Å²) in [6.45, 7) is 5.14. The van der Waals surface area contributed by atoms with Crippen LogP contribution in [0.2, 0.25) is 0 Å². The highest BCUT2D eigenvalue weighted by Gasteiger charge is 2.38. The summed E-state index contributed by atoms with van der Waals surface area (Å²) < 4.78 is 43.0. The smallest absolute Gasteiger partial charge is 0.309 e. The first-order chi connectivity index (χ1) is 14.8. The van der Waals surface area contributed by atoms with Gasteiger partial charge in [-0.3, -0.25) is 0 Å². The lowest BCUT2D eigenvalue weighted by Gasteiger charge is -2.33. The van der Waals surface area contributed by atoms with E-state index in [0.717, 1.165) is 73.0 Å². The van der Waals surface area contributed by atoms with Crippen LogP contribution in [-0.2, 0) is 31.0 Å². The first-order valence-corrected chi connectivity index (χ1v) is 11.0. The quantitative estimate of drug-likeness (QED) is 0.553. The van der Waals surface area contributed by atoms with E-state index in [2.05, 4.69) is 21.7 Å². The second-order valence-corrected chi connectivity index (χ2v) is 8.95. The molecule has 1 saturated carbocycles. The summed E-state index contributed by atoms with van der Waals surface area (Å²) in [5.74, 6) is 1.81. The predicted octanol–water partition coefficient (Wildman–Crippen LogP) is 5.49. The maximum atomic E-state index is 13.0. The molecular formula is C23H26F3N5. The van der Waals surface area contributed by atoms with Crippen molar-refractivity contribution in [1.29, 1.82) is 0 Å². The zero-order valence-corrected chi connectivity index (χ0v) is 17.8. The molecule has 1 aliphatic heterocycles. The molecule has 2 aromatic heterocycles. The predicted molar refractivity (Wildman–Crippen MR) is 111 cm³/mol. The largest absolute Gasteiger partial charge is 0.416 e. The molecule has 0 amide bonds. The van der Waals surface area contributed by atoms with Gasteiger partial charge >= 0.3 is 6.18 Å². The topological polar surface area (TPSA) is 48.5 Å². The van der Waals surface area contributed by atoms with Crippen molar-refractivity contribution < 1.29 is 13.2 Å². The summed E-state index contributed by atoms with van der Waals surface area (Å²) in [5.41, 5.74) is 2.92. The van der Waals surface area contributed by atoms with Gasteiger partial charge in [-0.2, -0.15) is 18.3 Å². The van der Waals surface area contributed by atoms with Gasteiger partial charge < -0.3 is 4.57 Å². The van der Waals surface area contributed by atoms with Crippen LogP contribution in [-0.4, -0.2) is 24.5 Å². The Morgan fingerprint density at radius 3 is 2.39 bits per heavy atom. The van der Waals surface area contributed by atoms with Crippen molar-refractivity contribution in [3.8, 4) is 17.2 Å². The molecule has 1 aliphatic carbocycles. The third-order valence-electron chi connectivity index (χ3n) is 6.89. The van der Waals surface area contributed by atoms with E-state index >= 15 is 0 Å². The van der Waals surface area contributed by atoms with Crippen molar-refractivity contribution in [2.75, 3.05) is 0 Å². The fourth-order valence-corrected chi connectivity index (χ4v) is 5.17. The lowest BCUT2D eigenvalue weighted by atomic mass is 9.75. The Morgan fingerprint density at radius 1 is 1.03 bits per heavy atom. The van der Waals surface area contributed by atoms with Crippen LogP contribution in [0.1, 0.15) is 68.6 Å². The van der Waals surface area contributed by atoms with Crippen LogP contribution in [0.15, 0.2) is 24.3 Å². The van der Waals surface area contributed by atoms with Crippen molar-refractivity contribution in [2.24, 2.45) is 0 Å². The standard InChI is InChI=1S/C23H26F3N5/c1-3-18-17-11-14-30-20(27-28-21(30)22(2)12-5-4-6-13-22)19(17)31(29-18)16-9-7-15(8-10-16)23(24,25)26/h7-10H,3-6,11-14H2,1-2H3. The number of fused-ring (bicyclic) bond motifs is 3. The molecule has 164 valence electrons. The van der Waals surface area contributed by atoms with E-state index in [1.165, 1.54) is 31.4 Å². The number of aryl methyl sites for hydroxylation is 1. The van der Waals surface area contributed by atoms with E-state index in [1.54, 1.807) is 4.68 Å². The van der Waals surface area contributed by atoms with Crippen LogP contribution in [0.25, 0.3) is 17.2 Å². The van der Waals surface area contributed by atoms with Crippen molar-refractivity contribution in [2.45, 2.75) is 76.9 Å². The van der Waals surface area contributed by atoms with Gasteiger partial charge in [-0.25, -0.2) is 4.68 Å². The van der Waals surface area contributed by atoms with Crippen molar-refractivity contribution >= 4 is 0 Å². The molecule has 31 heavy (non-hydrogen) atoms. The highest BCUT2D eigenvalue weighted by Crippen LogP contribution is 2.41. The lowest BCUT2D eigenvalue weighted by Crippen LogP contribution is -2.30. The average molecular weight is 429 g/mol. The minimum Gasteiger partial charge on any atom is -0.309 e. The molecule has 1 aromatic carbocycles. The third-order valence-corrected chi connectivity index (χ3v) is 6.89. The minimum atomic E-state index is -4.36. The molecule has 5 rings (SSSR count). The summed E-state index contributed by atoms with van der Waals surface area (Å²) in [4.78, 5) is 0. The summed E-state index contributed by atoms with van der Waals surface area (Å²) in [5, 5.41) is 14.0. The maximum absolute atomic E-state index is 13.0. The second-order valence-electron chi connectivity index (χ2n) is 8.95. The summed E-state index contributed by atoms with van der Waals surface area (Å²) in [6.07, 6.45) is 3.11. The van der Waals surface area contributed by atoms with Crippen LogP contribution in [0.3, 0.4) is 0 Å². The number of halogens is 3. The normalized spacial score (nSPS) is 18.0. The number of nitrogens with zero attached hydrogens (tertiary/aromatic N) is 5. The zero-order valence-electron chi connectivity index (χ0n) is 17.8. The Morgan fingerprint density at radius 2 is 1.74 bits per heavy atom. The van der Waals surface area contributed by atoms with E-state index in [1.807, 2.05) is 6.92 Å². The molecular weight excluding hydrogens is 403 g/mol. The van der Waals surface area contributed by atoms with Gasteiger partial charge in [-0.1, -0.05) is 33.1 Å². The average Bonchev–Trinajstić information content (AvgIpc) is 3.35. The second kappa shape index (κ2) is 7.21. The summed E-state index contributed by atoms with van der Waals surface area (Å²) in [7, 11) is 0. The fraction of sp³-hybridized carbons (Fsp3) is 0.522. The molecule has 1 fully saturated rings. The van der Waals surface area contributed by atoms with Gasteiger partial charge in [0.2, 0.25) is 0 Å². The molecule has 0 spiro atoms. The number of aromatic nitrogens is 5. The first-order valence-electron chi connectivity index (χ1n) is 11.0. The monoisotopic (exact) mass is 429 g/mol. The van der Waals surface area contributed by atoms with E-state index < -0.39 is 11.7 Å². The van der Waals surface area contributed by atoms with Crippen molar-refractivity contribution in [3.63, 3.8) is 0 Å². The molecule has 3 heterocycles. The highest BCUT2D eigenvalue weighted by molar-refractivity contribution is 5.63. The van der Waals surface area contributed by atoms with E-state index in [9.17, 15) is 13.2 Å². The van der Waals surface area contributed by atoms with Crippen LogP contribution in [0, 0.1) is 0 Å². The molecule has 0 bridgehead atoms. The molecule has 0 unspecified atom stereocenters. The van der Waals surface area contributed by atoms with Gasteiger partial charge in [0, 0.05) is 17.5 Å². The Labute approximate surface area is 179 Å². The molecule has 0 saturated heterocycles. The van der Waals surface area contributed by atoms with Crippen LogP contribution < -0.4 is 0 Å². The van der Waals surface area contributed by atoms with E-state index in [-0.39, 0.29) is 5.41 Å². The number of hydrogen-bond acceptors (Lipinski definition) is 3. The zero-order chi connectivity index (χ0) is 21.8. The molecule has 0 atom stereocenters. The SMILES string of the molecule is CCc1nn(-c2ccc(C(F)(F)F)cc2)c2c1CCn1c-2nnc1C1(C)CCCCC1. The van der Waals surface area contributed by atoms with Gasteiger partial charge in [0.25, 0.3) is 0 Å². The number of rotatable bonds is 3. The summed E-state index contributed by atoms with van der Waals surface area (Å²) >= 11 is 0. The molecule has 2 aliphatic rings. The fourth-order valence-electron chi connectivity index (χ4n) is 5.17. The van der Waals surface area contributed by atoms with Crippen LogP contribution in [0.5, 0.6) is 0 Å². The Bertz CT molecular complexity index is 1100. The molecule has 0 radical (unpaired) electrons. The molecule has 5 nitrogen and oxygen atoms in total. The molecule has 0 N–H and O–H groups in total. The van der Waals surface area contributed by atoms with Gasteiger partial charge in [0.05, 0.1) is 16.9 Å². The first kappa shape index (κ1) is 20.3. The maximum Gasteiger partial charge on any atom is 0.416 e. The Kier molecular flexibility index (Phi) is 4.71. The van der Waals surface area contributed by atoms with Gasteiger partial charge in [-0.05, 0) is 49.9 Å². The van der Waals surface area contributed by atoms with Gasteiger partial charge in [0.15, 0.2) is 5.82 Å². The van der Waals surface area contributed by atoms with Crippen molar-refractivity contribution in [3.05, 3.63) is 46.9 Å². The highest BCUT2D eigenvalue weighted by atomic mass is 19.4. The van der Waals surface area contributed by atoms with Gasteiger partial charge in [-0.15, -0.1) is 10.2 Å². The van der Waals surface area contributed by atoms with E-state index in [0.29, 0.717) is 5.69 Å². The van der Waals surface area contributed by atoms with Gasteiger partial charge in [0.1, 0.15) is 11.5 Å². The summed E-state index contributed by atoms with van der Waals surface area (Å²) in [6, 6.07) is 5.18. The van der Waals surface area contributed by atoms with E-state index in [4.69, 9.17) is 5.10 Å². The number of hydrogen-bond donors (Lipinski definition) is 0. The Balaban J connectivity index is 1.62. The lowest BCUT2D eigenvalue weighted by molar-refractivity contribution is -0.137. The number of alkyl halides is 3. The van der Waals surface area contributed by atoms with Crippen LogP contribution >= 0.6 is 0 Å². The minimum absolute atomic E-state index is 0.0216. The van der Waals surface area contributed by atoms with Crippen LogP contribution in [0.4, 0.5) is 13.2 Å².